The van der Waals surface area contributed by atoms with Gasteiger partial charge in [-0.05, 0) is 29.8 Å². The van der Waals surface area contributed by atoms with E-state index in [-0.39, 0.29) is 12.0 Å². The summed E-state index contributed by atoms with van der Waals surface area (Å²) in [7, 11) is 1.72. The van der Waals surface area contributed by atoms with Gasteiger partial charge in [0.15, 0.2) is 0 Å². The maximum absolute atomic E-state index is 12.7. The van der Waals surface area contributed by atoms with E-state index in [2.05, 4.69) is 9.97 Å². The molecule has 0 aliphatic carbocycles. The van der Waals surface area contributed by atoms with Crippen molar-refractivity contribution in [3.63, 3.8) is 0 Å². The van der Waals surface area contributed by atoms with Crippen molar-refractivity contribution in [3.8, 4) is 5.75 Å². The molecule has 0 saturated heterocycles. The van der Waals surface area contributed by atoms with E-state index in [4.69, 9.17) is 4.74 Å². The Hall–Kier alpha value is -3.35. The second-order valence-electron chi connectivity index (χ2n) is 6.41. The predicted molar refractivity (Wildman–Crippen MR) is 96.7 cm³/mol. The van der Waals surface area contributed by atoms with Crippen molar-refractivity contribution in [2.24, 2.45) is 0 Å². The number of carbonyl (C=O) groups excluding carboxylic acids is 1. The van der Waals surface area contributed by atoms with Crippen molar-refractivity contribution in [3.05, 3.63) is 74.3 Å². The van der Waals surface area contributed by atoms with E-state index in [0.29, 0.717) is 23.1 Å². The first-order chi connectivity index (χ1) is 12.5. The van der Waals surface area contributed by atoms with Crippen molar-refractivity contribution in [1.82, 2.24) is 14.9 Å². The van der Waals surface area contributed by atoms with Crippen LogP contribution in [0.4, 0.5) is 0 Å². The average Bonchev–Trinajstić information content (AvgIpc) is 3.04. The SMILES string of the molecule is CN(CC1Cc2ccccc2O1)C(=O)c1ccc2[nH]c(=O)c(=O)[nH]c2c1. The number of aromatic nitrogens is 2. The van der Waals surface area contributed by atoms with Gasteiger partial charge in [-0.2, -0.15) is 0 Å². The molecule has 2 aromatic carbocycles. The number of nitrogens with zero attached hydrogens (tertiary/aromatic N) is 1. The quantitative estimate of drug-likeness (QED) is 0.695. The molecule has 26 heavy (non-hydrogen) atoms. The molecule has 4 rings (SSSR count). The lowest BCUT2D eigenvalue weighted by molar-refractivity contribution is 0.0730. The van der Waals surface area contributed by atoms with Gasteiger partial charge < -0.3 is 19.6 Å². The summed E-state index contributed by atoms with van der Waals surface area (Å²) in [6, 6.07) is 12.6. The summed E-state index contributed by atoms with van der Waals surface area (Å²) < 4.78 is 5.88. The second-order valence-corrected chi connectivity index (χ2v) is 6.41. The van der Waals surface area contributed by atoms with Crippen LogP contribution < -0.4 is 15.9 Å². The van der Waals surface area contributed by atoms with Gasteiger partial charge in [0.05, 0.1) is 17.6 Å². The highest BCUT2D eigenvalue weighted by Gasteiger charge is 2.25. The van der Waals surface area contributed by atoms with E-state index in [1.165, 1.54) is 0 Å². The highest BCUT2D eigenvalue weighted by Crippen LogP contribution is 2.28. The van der Waals surface area contributed by atoms with Gasteiger partial charge in [-0.15, -0.1) is 0 Å². The largest absolute Gasteiger partial charge is 0.488 e. The highest BCUT2D eigenvalue weighted by atomic mass is 16.5. The molecule has 0 bridgehead atoms. The van der Waals surface area contributed by atoms with Crippen LogP contribution in [-0.4, -0.2) is 40.5 Å². The van der Waals surface area contributed by atoms with Crippen molar-refractivity contribution in [1.29, 1.82) is 0 Å². The van der Waals surface area contributed by atoms with Crippen molar-refractivity contribution >= 4 is 16.9 Å². The Labute approximate surface area is 148 Å². The van der Waals surface area contributed by atoms with Crippen LogP contribution in [0.25, 0.3) is 11.0 Å². The average molecular weight is 351 g/mol. The molecular formula is C19H17N3O4. The minimum Gasteiger partial charge on any atom is -0.488 e. The smallest absolute Gasteiger partial charge is 0.314 e. The maximum Gasteiger partial charge on any atom is 0.314 e. The fraction of sp³-hybridized carbons (Fsp3) is 0.211. The van der Waals surface area contributed by atoms with Gasteiger partial charge in [0, 0.05) is 19.0 Å². The number of ether oxygens (including phenoxy) is 1. The molecule has 0 saturated carbocycles. The van der Waals surface area contributed by atoms with E-state index >= 15 is 0 Å². The Morgan fingerprint density at radius 1 is 1.12 bits per heavy atom. The molecular weight excluding hydrogens is 334 g/mol. The van der Waals surface area contributed by atoms with Crippen LogP contribution in [-0.2, 0) is 6.42 Å². The van der Waals surface area contributed by atoms with E-state index in [1.807, 2.05) is 24.3 Å². The number of para-hydroxylation sites is 1. The zero-order valence-corrected chi connectivity index (χ0v) is 14.1. The first kappa shape index (κ1) is 16.1. The number of hydrogen-bond donors (Lipinski definition) is 2. The monoisotopic (exact) mass is 351 g/mol. The standard InChI is InChI=1S/C19H17N3O4/c1-22(10-13-8-11-4-2-3-5-16(11)26-13)19(25)12-6-7-14-15(9-12)21-18(24)17(23)20-14/h2-7,9,13H,8,10H2,1H3,(H,20,23)(H,21,24). The zero-order chi connectivity index (χ0) is 18.3. The molecule has 3 aromatic rings. The van der Waals surface area contributed by atoms with E-state index in [9.17, 15) is 14.4 Å². The normalized spacial score (nSPS) is 15.5. The van der Waals surface area contributed by atoms with Crippen molar-refractivity contribution < 1.29 is 9.53 Å². The second kappa shape index (κ2) is 6.18. The fourth-order valence-corrected chi connectivity index (χ4v) is 3.21. The molecule has 1 amide bonds. The van der Waals surface area contributed by atoms with Gasteiger partial charge in [0.2, 0.25) is 0 Å². The highest BCUT2D eigenvalue weighted by molar-refractivity contribution is 5.97. The molecule has 1 unspecified atom stereocenters. The third kappa shape index (κ3) is 2.88. The first-order valence-corrected chi connectivity index (χ1v) is 8.27. The third-order valence-corrected chi connectivity index (χ3v) is 4.51. The Morgan fingerprint density at radius 2 is 1.85 bits per heavy atom. The molecule has 2 heterocycles. The number of fused-ring (bicyclic) bond motifs is 2. The molecule has 7 heteroatoms. The summed E-state index contributed by atoms with van der Waals surface area (Å²) in [5.41, 5.74) is 1.00. The molecule has 7 nitrogen and oxygen atoms in total. The molecule has 1 aliphatic rings. The van der Waals surface area contributed by atoms with Crippen LogP contribution in [0.3, 0.4) is 0 Å². The molecule has 0 spiro atoms. The van der Waals surface area contributed by atoms with E-state index in [1.54, 1.807) is 30.1 Å². The van der Waals surface area contributed by atoms with Crippen LogP contribution in [0.1, 0.15) is 15.9 Å². The van der Waals surface area contributed by atoms with Crippen LogP contribution in [0.2, 0.25) is 0 Å². The molecule has 1 aliphatic heterocycles. The lowest BCUT2D eigenvalue weighted by atomic mass is 10.1. The number of carbonyl (C=O) groups is 1. The van der Waals surface area contributed by atoms with E-state index in [0.717, 1.165) is 17.7 Å². The van der Waals surface area contributed by atoms with Gasteiger partial charge in [-0.3, -0.25) is 14.4 Å². The number of aromatic amines is 2. The van der Waals surface area contributed by atoms with Crippen molar-refractivity contribution in [2.75, 3.05) is 13.6 Å². The Balaban J connectivity index is 1.52. The van der Waals surface area contributed by atoms with Crippen molar-refractivity contribution in [2.45, 2.75) is 12.5 Å². The van der Waals surface area contributed by atoms with Gasteiger partial charge in [-0.25, -0.2) is 0 Å². The number of nitrogens with one attached hydrogen (secondary N) is 2. The Bertz CT molecular complexity index is 1090. The summed E-state index contributed by atoms with van der Waals surface area (Å²) in [5.74, 6) is 0.684. The van der Waals surface area contributed by atoms with Gasteiger partial charge in [0.25, 0.3) is 5.91 Å². The summed E-state index contributed by atoms with van der Waals surface area (Å²) in [6.07, 6.45) is 0.679. The Kier molecular flexibility index (Phi) is 3.84. The fourth-order valence-electron chi connectivity index (χ4n) is 3.21. The van der Waals surface area contributed by atoms with E-state index < -0.39 is 11.1 Å². The molecule has 1 aromatic heterocycles. The summed E-state index contributed by atoms with van der Waals surface area (Å²) in [5, 5.41) is 0. The number of hydrogen-bond acceptors (Lipinski definition) is 4. The Morgan fingerprint density at radius 3 is 2.62 bits per heavy atom. The third-order valence-electron chi connectivity index (χ3n) is 4.51. The number of H-pyrrole nitrogens is 2. The summed E-state index contributed by atoms with van der Waals surface area (Å²) >= 11 is 0. The summed E-state index contributed by atoms with van der Waals surface area (Å²) in [6.45, 7) is 0.452. The molecule has 0 fully saturated rings. The van der Waals surface area contributed by atoms with Crippen LogP contribution in [0.5, 0.6) is 5.75 Å². The summed E-state index contributed by atoms with van der Waals surface area (Å²) in [4.78, 5) is 42.1. The minimum atomic E-state index is -0.743. The lowest BCUT2D eigenvalue weighted by Gasteiger charge is -2.21. The predicted octanol–water partition coefficient (Wildman–Crippen LogP) is 1.29. The first-order valence-electron chi connectivity index (χ1n) is 8.27. The van der Waals surface area contributed by atoms with Gasteiger partial charge in [0.1, 0.15) is 11.9 Å². The molecule has 132 valence electrons. The van der Waals surface area contributed by atoms with Gasteiger partial charge >= 0.3 is 11.1 Å². The number of likely N-dealkylation sites (N-methyl/N-ethyl adjacent to an activating group) is 1. The van der Waals surface area contributed by atoms with Crippen LogP contribution in [0, 0.1) is 0 Å². The molecule has 1 atom stereocenters. The molecule has 0 radical (unpaired) electrons. The topological polar surface area (TPSA) is 95.3 Å². The number of amides is 1. The van der Waals surface area contributed by atoms with Gasteiger partial charge in [-0.1, -0.05) is 18.2 Å². The van der Waals surface area contributed by atoms with Crippen LogP contribution >= 0.6 is 0 Å². The number of rotatable bonds is 3. The maximum atomic E-state index is 12.7. The van der Waals surface area contributed by atoms with Crippen LogP contribution in [0.15, 0.2) is 52.1 Å². The lowest BCUT2D eigenvalue weighted by Crippen LogP contribution is -2.36. The minimum absolute atomic E-state index is 0.0852. The zero-order valence-electron chi connectivity index (χ0n) is 14.1. The number of benzene rings is 2. The molecule has 2 N–H and O–H groups in total.